The van der Waals surface area contributed by atoms with Gasteiger partial charge in [-0.1, -0.05) is 18.2 Å². The van der Waals surface area contributed by atoms with E-state index in [0.717, 1.165) is 32.5 Å². The third-order valence-electron chi connectivity index (χ3n) is 4.51. The van der Waals surface area contributed by atoms with E-state index in [1.54, 1.807) is 11.1 Å². The van der Waals surface area contributed by atoms with Gasteiger partial charge in [-0.3, -0.25) is 10.3 Å². The quantitative estimate of drug-likeness (QED) is 0.645. The summed E-state index contributed by atoms with van der Waals surface area (Å²) in [5, 5.41) is 7.61. The third kappa shape index (κ3) is 2.81. The number of nitrogens with two attached hydrogens (primary N) is 1. The van der Waals surface area contributed by atoms with Crippen LogP contribution in [0.25, 0.3) is 0 Å². The molecule has 1 aliphatic heterocycles. The zero-order valence-electron chi connectivity index (χ0n) is 11.5. The topological polar surface area (TPSA) is 53.1 Å². The van der Waals surface area contributed by atoms with E-state index in [-0.39, 0.29) is 5.92 Å². The van der Waals surface area contributed by atoms with Crippen LogP contribution in [0.15, 0.2) is 18.2 Å². The van der Waals surface area contributed by atoms with Crippen LogP contribution in [0.4, 0.5) is 0 Å². The first-order valence-corrected chi connectivity index (χ1v) is 7.39. The summed E-state index contributed by atoms with van der Waals surface area (Å²) in [4.78, 5) is 2.45. The number of amidine groups is 1. The Hall–Kier alpha value is -1.35. The van der Waals surface area contributed by atoms with Crippen LogP contribution >= 0.6 is 0 Å². The average Bonchev–Trinajstić information content (AvgIpc) is 2.86. The van der Waals surface area contributed by atoms with E-state index in [2.05, 4.69) is 23.1 Å². The zero-order valence-corrected chi connectivity index (χ0v) is 11.5. The van der Waals surface area contributed by atoms with Crippen molar-refractivity contribution in [3.8, 4) is 0 Å². The molecule has 0 radical (unpaired) electrons. The number of nitrogens with zero attached hydrogens (tertiary/aromatic N) is 1. The predicted molar refractivity (Wildman–Crippen MR) is 78.4 cm³/mol. The highest BCUT2D eigenvalue weighted by Crippen LogP contribution is 2.24. The van der Waals surface area contributed by atoms with E-state index in [4.69, 9.17) is 11.1 Å². The van der Waals surface area contributed by atoms with Gasteiger partial charge in [0, 0.05) is 19.0 Å². The molecule has 1 unspecified atom stereocenters. The SMILES string of the molecule is N=C(N)C1CCCN(Cc2ccc3c(c2)CCC3)C1. The maximum Gasteiger partial charge on any atom is 0.0949 e. The molecule has 3 rings (SSSR count). The maximum atomic E-state index is 7.61. The lowest BCUT2D eigenvalue weighted by molar-refractivity contribution is 0.196. The van der Waals surface area contributed by atoms with E-state index in [1.165, 1.54) is 24.8 Å². The minimum atomic E-state index is 0.267. The largest absolute Gasteiger partial charge is 0.387 e. The van der Waals surface area contributed by atoms with E-state index in [0.29, 0.717) is 5.84 Å². The third-order valence-corrected chi connectivity index (χ3v) is 4.51. The van der Waals surface area contributed by atoms with Crippen LogP contribution in [-0.2, 0) is 19.4 Å². The molecule has 0 aromatic heterocycles. The molecule has 1 saturated heterocycles. The van der Waals surface area contributed by atoms with Crippen molar-refractivity contribution < 1.29 is 0 Å². The Morgan fingerprint density at radius 3 is 2.95 bits per heavy atom. The summed E-state index contributed by atoms with van der Waals surface area (Å²) < 4.78 is 0. The molecule has 0 spiro atoms. The Kier molecular flexibility index (Phi) is 3.56. The number of rotatable bonds is 3. The highest BCUT2D eigenvalue weighted by Gasteiger charge is 2.22. The number of nitrogens with one attached hydrogen (secondary N) is 1. The molecule has 1 atom stereocenters. The lowest BCUT2D eigenvalue weighted by Gasteiger charge is -2.32. The van der Waals surface area contributed by atoms with Gasteiger partial charge in [0.25, 0.3) is 0 Å². The second kappa shape index (κ2) is 5.33. The van der Waals surface area contributed by atoms with Crippen molar-refractivity contribution in [3.05, 3.63) is 34.9 Å². The number of fused-ring (bicyclic) bond motifs is 1. The summed E-state index contributed by atoms with van der Waals surface area (Å²) in [5.74, 6) is 0.627. The highest BCUT2D eigenvalue weighted by atomic mass is 15.1. The summed E-state index contributed by atoms with van der Waals surface area (Å²) in [6, 6.07) is 6.98. The van der Waals surface area contributed by atoms with E-state index in [9.17, 15) is 0 Å². The monoisotopic (exact) mass is 257 g/mol. The minimum Gasteiger partial charge on any atom is -0.387 e. The molecule has 1 fully saturated rings. The first kappa shape index (κ1) is 12.7. The molecule has 1 aromatic carbocycles. The minimum absolute atomic E-state index is 0.267. The maximum absolute atomic E-state index is 7.61. The van der Waals surface area contributed by atoms with Gasteiger partial charge in [0.15, 0.2) is 0 Å². The molecule has 1 aromatic rings. The van der Waals surface area contributed by atoms with Crippen molar-refractivity contribution in [2.24, 2.45) is 11.7 Å². The second-order valence-electron chi connectivity index (χ2n) is 5.99. The van der Waals surface area contributed by atoms with Gasteiger partial charge in [0.1, 0.15) is 0 Å². The average molecular weight is 257 g/mol. The summed E-state index contributed by atoms with van der Waals surface area (Å²) >= 11 is 0. The molecule has 2 aliphatic rings. The molecule has 0 bridgehead atoms. The number of benzene rings is 1. The number of piperidine rings is 1. The molecular formula is C16H23N3. The van der Waals surface area contributed by atoms with Gasteiger partial charge < -0.3 is 5.73 Å². The van der Waals surface area contributed by atoms with E-state index < -0.39 is 0 Å². The number of hydrogen-bond acceptors (Lipinski definition) is 2. The summed E-state index contributed by atoms with van der Waals surface area (Å²) in [5.41, 5.74) is 10.2. The van der Waals surface area contributed by atoms with Crippen molar-refractivity contribution in [3.63, 3.8) is 0 Å². The molecule has 0 saturated carbocycles. The lowest BCUT2D eigenvalue weighted by Crippen LogP contribution is -2.40. The highest BCUT2D eigenvalue weighted by molar-refractivity contribution is 5.79. The summed E-state index contributed by atoms with van der Waals surface area (Å²) in [6.45, 7) is 3.10. The van der Waals surface area contributed by atoms with Gasteiger partial charge in [-0.15, -0.1) is 0 Å². The van der Waals surface area contributed by atoms with Gasteiger partial charge in [-0.25, -0.2) is 0 Å². The Balaban J connectivity index is 1.66. The predicted octanol–water partition coefficient (Wildman–Crippen LogP) is 2.32. The zero-order chi connectivity index (χ0) is 13.2. The molecule has 19 heavy (non-hydrogen) atoms. The van der Waals surface area contributed by atoms with Crippen molar-refractivity contribution in [1.29, 1.82) is 5.41 Å². The normalized spacial score (nSPS) is 23.3. The van der Waals surface area contributed by atoms with Crippen LogP contribution in [-0.4, -0.2) is 23.8 Å². The Morgan fingerprint density at radius 1 is 1.26 bits per heavy atom. The fourth-order valence-electron chi connectivity index (χ4n) is 3.43. The number of hydrogen-bond donors (Lipinski definition) is 2. The molecule has 3 nitrogen and oxygen atoms in total. The molecule has 102 valence electrons. The van der Waals surface area contributed by atoms with Crippen molar-refractivity contribution in [2.75, 3.05) is 13.1 Å². The van der Waals surface area contributed by atoms with Crippen LogP contribution in [0.5, 0.6) is 0 Å². The molecular weight excluding hydrogens is 234 g/mol. The van der Waals surface area contributed by atoms with E-state index >= 15 is 0 Å². The van der Waals surface area contributed by atoms with Crippen LogP contribution in [0.1, 0.15) is 36.0 Å². The Labute approximate surface area is 115 Å². The molecule has 1 heterocycles. The molecule has 1 aliphatic carbocycles. The fourth-order valence-corrected chi connectivity index (χ4v) is 3.43. The summed E-state index contributed by atoms with van der Waals surface area (Å²) in [7, 11) is 0. The van der Waals surface area contributed by atoms with Gasteiger partial charge in [-0.2, -0.15) is 0 Å². The smallest absolute Gasteiger partial charge is 0.0949 e. The van der Waals surface area contributed by atoms with Crippen molar-refractivity contribution in [1.82, 2.24) is 4.90 Å². The summed E-state index contributed by atoms with van der Waals surface area (Å²) in [6.07, 6.45) is 6.06. The van der Waals surface area contributed by atoms with Crippen LogP contribution < -0.4 is 5.73 Å². The fraction of sp³-hybridized carbons (Fsp3) is 0.562. The Morgan fingerprint density at radius 2 is 2.11 bits per heavy atom. The number of aryl methyl sites for hydroxylation is 2. The van der Waals surface area contributed by atoms with E-state index in [1.807, 2.05) is 0 Å². The molecule has 0 amide bonds. The van der Waals surface area contributed by atoms with Gasteiger partial charge in [-0.05, 0) is 55.3 Å². The second-order valence-corrected chi connectivity index (χ2v) is 5.99. The molecule has 3 heteroatoms. The van der Waals surface area contributed by atoms with Crippen LogP contribution in [0.2, 0.25) is 0 Å². The van der Waals surface area contributed by atoms with Gasteiger partial charge in [0.05, 0.1) is 5.84 Å². The van der Waals surface area contributed by atoms with Crippen LogP contribution in [0.3, 0.4) is 0 Å². The van der Waals surface area contributed by atoms with Crippen LogP contribution in [0, 0.1) is 11.3 Å². The van der Waals surface area contributed by atoms with Gasteiger partial charge in [0.2, 0.25) is 0 Å². The molecule has 3 N–H and O–H groups in total. The van der Waals surface area contributed by atoms with Crippen molar-refractivity contribution >= 4 is 5.84 Å². The first-order valence-electron chi connectivity index (χ1n) is 7.39. The first-order chi connectivity index (χ1) is 9.22. The van der Waals surface area contributed by atoms with Crippen molar-refractivity contribution in [2.45, 2.75) is 38.6 Å². The van der Waals surface area contributed by atoms with Gasteiger partial charge >= 0.3 is 0 Å². The number of likely N-dealkylation sites (tertiary alicyclic amines) is 1. The Bertz CT molecular complexity index is 481. The lowest BCUT2D eigenvalue weighted by atomic mass is 9.96. The standard InChI is InChI=1S/C16H23N3/c17-16(18)15-5-2-8-19(11-15)10-12-6-7-13-3-1-4-14(13)9-12/h6-7,9,15H,1-5,8,10-11H2,(H3,17,18).